The van der Waals surface area contributed by atoms with Crippen LogP contribution in [0.5, 0.6) is 0 Å². The van der Waals surface area contributed by atoms with Gasteiger partial charge in [0.15, 0.2) is 0 Å². The standard InChI is InChI=1S/C12H10N2O3S2/c1-14-10-5-3-2-4-8(10)12(13-15)9-6-18-7-11(9)19(14,16)17/h2-7,15H,1H3/b13-12-. The molecule has 0 spiro atoms. The maximum Gasteiger partial charge on any atom is 0.265 e. The molecule has 2 heterocycles. The van der Waals surface area contributed by atoms with Gasteiger partial charge in [-0.25, -0.2) is 8.42 Å². The zero-order chi connectivity index (χ0) is 13.6. The van der Waals surface area contributed by atoms with Gasteiger partial charge < -0.3 is 5.21 Å². The molecule has 1 N–H and O–H groups in total. The molecule has 1 aromatic heterocycles. The second-order valence-corrected chi connectivity index (χ2v) is 6.77. The summed E-state index contributed by atoms with van der Waals surface area (Å²) in [5.74, 6) is 0. The van der Waals surface area contributed by atoms with E-state index in [0.717, 1.165) is 0 Å². The molecule has 0 saturated carbocycles. The van der Waals surface area contributed by atoms with Crippen LogP contribution in [-0.2, 0) is 10.0 Å². The molecule has 7 heteroatoms. The molecule has 3 rings (SSSR count). The number of benzene rings is 1. The highest BCUT2D eigenvalue weighted by atomic mass is 32.2. The highest BCUT2D eigenvalue weighted by Gasteiger charge is 2.33. The molecule has 0 unspecified atom stereocenters. The van der Waals surface area contributed by atoms with E-state index in [4.69, 9.17) is 0 Å². The SMILES string of the molecule is CN1c2ccccc2/C(=N/O)c2cscc2S1(=O)=O. The van der Waals surface area contributed by atoms with E-state index >= 15 is 0 Å². The Morgan fingerprint density at radius 3 is 2.68 bits per heavy atom. The lowest BCUT2D eigenvalue weighted by Crippen LogP contribution is -2.26. The van der Waals surface area contributed by atoms with E-state index in [-0.39, 0.29) is 10.6 Å². The van der Waals surface area contributed by atoms with Crippen LogP contribution in [0.4, 0.5) is 5.69 Å². The quantitative estimate of drug-likeness (QED) is 0.597. The lowest BCUT2D eigenvalue weighted by atomic mass is 10.0. The van der Waals surface area contributed by atoms with E-state index < -0.39 is 10.0 Å². The second-order valence-electron chi connectivity index (χ2n) is 4.09. The predicted octanol–water partition coefficient (Wildman–Crippen LogP) is 2.11. The van der Waals surface area contributed by atoms with Crippen molar-refractivity contribution in [2.75, 3.05) is 11.4 Å². The Kier molecular flexibility index (Phi) is 2.61. The van der Waals surface area contributed by atoms with Gasteiger partial charge in [-0.2, -0.15) is 11.3 Å². The summed E-state index contributed by atoms with van der Waals surface area (Å²) in [6.07, 6.45) is 0. The summed E-state index contributed by atoms with van der Waals surface area (Å²) in [5.41, 5.74) is 1.80. The summed E-state index contributed by atoms with van der Waals surface area (Å²) < 4.78 is 26.2. The zero-order valence-electron chi connectivity index (χ0n) is 9.94. The summed E-state index contributed by atoms with van der Waals surface area (Å²) in [6, 6.07) is 6.96. The van der Waals surface area contributed by atoms with Crippen LogP contribution in [0, 0.1) is 0 Å². The van der Waals surface area contributed by atoms with Crippen molar-refractivity contribution in [2.45, 2.75) is 4.90 Å². The van der Waals surface area contributed by atoms with Crippen LogP contribution in [0.1, 0.15) is 11.1 Å². The molecule has 0 fully saturated rings. The summed E-state index contributed by atoms with van der Waals surface area (Å²) in [6.45, 7) is 0. The van der Waals surface area contributed by atoms with Gasteiger partial charge in [-0.05, 0) is 6.07 Å². The number of nitrogens with zero attached hydrogens (tertiary/aromatic N) is 2. The minimum atomic E-state index is -3.62. The Morgan fingerprint density at radius 2 is 1.95 bits per heavy atom. The molecule has 19 heavy (non-hydrogen) atoms. The van der Waals surface area contributed by atoms with Crippen molar-refractivity contribution in [1.29, 1.82) is 0 Å². The maximum absolute atomic E-state index is 12.5. The minimum Gasteiger partial charge on any atom is -0.410 e. The number of para-hydroxylation sites is 1. The molecule has 98 valence electrons. The Bertz CT molecular complexity index is 778. The monoisotopic (exact) mass is 294 g/mol. The average molecular weight is 294 g/mol. The van der Waals surface area contributed by atoms with Crippen LogP contribution in [0.15, 0.2) is 45.1 Å². The molecular formula is C12H10N2O3S2. The van der Waals surface area contributed by atoms with Gasteiger partial charge >= 0.3 is 0 Å². The molecular weight excluding hydrogens is 284 g/mol. The highest BCUT2D eigenvalue weighted by Crippen LogP contribution is 2.35. The normalized spacial score (nSPS) is 18.8. The fourth-order valence-corrected chi connectivity index (χ4v) is 4.70. The maximum atomic E-state index is 12.5. The smallest absolute Gasteiger partial charge is 0.265 e. The van der Waals surface area contributed by atoms with Crippen LogP contribution in [0.3, 0.4) is 0 Å². The zero-order valence-corrected chi connectivity index (χ0v) is 11.6. The van der Waals surface area contributed by atoms with E-state index in [1.54, 1.807) is 35.0 Å². The van der Waals surface area contributed by atoms with Gasteiger partial charge in [0, 0.05) is 28.9 Å². The fraction of sp³-hybridized carbons (Fsp3) is 0.0833. The third kappa shape index (κ3) is 1.58. The average Bonchev–Trinajstić information content (AvgIpc) is 2.87. The molecule has 0 atom stereocenters. The summed E-state index contributed by atoms with van der Waals surface area (Å²) in [5, 5.41) is 15.8. The van der Waals surface area contributed by atoms with Gasteiger partial charge in [0.25, 0.3) is 10.0 Å². The lowest BCUT2D eigenvalue weighted by Gasteiger charge is -2.18. The molecule has 1 aliphatic rings. The molecule has 5 nitrogen and oxygen atoms in total. The van der Waals surface area contributed by atoms with Crippen molar-refractivity contribution in [3.63, 3.8) is 0 Å². The van der Waals surface area contributed by atoms with Gasteiger partial charge in [-0.1, -0.05) is 23.4 Å². The summed E-state index contributed by atoms with van der Waals surface area (Å²) in [4.78, 5) is 0.170. The van der Waals surface area contributed by atoms with Crippen LogP contribution in [0.2, 0.25) is 0 Å². The van der Waals surface area contributed by atoms with Crippen LogP contribution in [0.25, 0.3) is 0 Å². The minimum absolute atomic E-state index is 0.170. The number of anilines is 1. The molecule has 0 radical (unpaired) electrons. The fourth-order valence-electron chi connectivity index (χ4n) is 2.14. The van der Waals surface area contributed by atoms with Crippen LogP contribution in [-0.4, -0.2) is 26.4 Å². The number of sulfonamides is 1. The lowest BCUT2D eigenvalue weighted by molar-refractivity contribution is 0.319. The Hall–Kier alpha value is -1.86. The van der Waals surface area contributed by atoms with E-state index in [1.165, 1.54) is 22.7 Å². The van der Waals surface area contributed by atoms with Crippen molar-refractivity contribution in [3.05, 3.63) is 46.2 Å². The van der Waals surface area contributed by atoms with Crippen molar-refractivity contribution in [1.82, 2.24) is 0 Å². The van der Waals surface area contributed by atoms with E-state index in [0.29, 0.717) is 16.8 Å². The van der Waals surface area contributed by atoms with Crippen molar-refractivity contribution in [2.24, 2.45) is 5.16 Å². The molecule has 0 aliphatic carbocycles. The van der Waals surface area contributed by atoms with Gasteiger partial charge in [-0.3, -0.25) is 4.31 Å². The van der Waals surface area contributed by atoms with Crippen LogP contribution < -0.4 is 4.31 Å². The molecule has 1 aromatic carbocycles. The first-order valence-electron chi connectivity index (χ1n) is 5.44. The van der Waals surface area contributed by atoms with Gasteiger partial charge in [0.1, 0.15) is 10.6 Å². The van der Waals surface area contributed by atoms with Gasteiger partial charge in [0.05, 0.1) is 5.69 Å². The van der Waals surface area contributed by atoms with E-state index in [2.05, 4.69) is 5.16 Å². The highest BCUT2D eigenvalue weighted by molar-refractivity contribution is 7.93. The topological polar surface area (TPSA) is 70.0 Å². The number of oxime groups is 1. The first-order valence-corrected chi connectivity index (χ1v) is 7.82. The van der Waals surface area contributed by atoms with Crippen molar-refractivity contribution < 1.29 is 13.6 Å². The number of hydrogen-bond acceptors (Lipinski definition) is 5. The number of rotatable bonds is 0. The molecule has 0 saturated heterocycles. The van der Waals surface area contributed by atoms with Gasteiger partial charge in [0.2, 0.25) is 0 Å². The second kappa shape index (κ2) is 4.07. The van der Waals surface area contributed by atoms with E-state index in [9.17, 15) is 13.6 Å². The van der Waals surface area contributed by atoms with Crippen molar-refractivity contribution in [3.8, 4) is 0 Å². The largest absolute Gasteiger partial charge is 0.410 e. The first-order chi connectivity index (χ1) is 9.07. The van der Waals surface area contributed by atoms with Crippen LogP contribution >= 0.6 is 11.3 Å². The summed E-state index contributed by atoms with van der Waals surface area (Å²) in [7, 11) is -2.12. The Morgan fingerprint density at radius 1 is 1.21 bits per heavy atom. The first kappa shape index (κ1) is 12.2. The number of thiophene rings is 1. The van der Waals surface area contributed by atoms with E-state index in [1.807, 2.05) is 0 Å². The predicted molar refractivity (Wildman–Crippen MR) is 73.8 cm³/mol. The summed E-state index contributed by atoms with van der Waals surface area (Å²) >= 11 is 1.26. The number of fused-ring (bicyclic) bond motifs is 2. The third-order valence-corrected chi connectivity index (χ3v) is 5.82. The molecule has 2 aromatic rings. The van der Waals surface area contributed by atoms with Gasteiger partial charge in [-0.15, -0.1) is 0 Å². The van der Waals surface area contributed by atoms with Crippen molar-refractivity contribution >= 4 is 32.8 Å². The third-order valence-electron chi connectivity index (χ3n) is 3.12. The Balaban J connectivity index is 2.46. The Labute approximate surface area is 114 Å². The number of hydrogen-bond donors (Lipinski definition) is 1. The molecule has 1 aliphatic heterocycles. The molecule has 0 bridgehead atoms. The molecule has 0 amide bonds.